The molecule has 11 heteroatoms. The summed E-state index contributed by atoms with van der Waals surface area (Å²) in [5, 5.41) is 16.7. The number of aryl methyl sites for hydroxylation is 1. The quantitative estimate of drug-likeness (QED) is 0.596. The summed E-state index contributed by atoms with van der Waals surface area (Å²) in [6.07, 6.45) is -3.54. The number of fused-ring (bicyclic) bond motifs is 1. The molecule has 0 aromatic carbocycles. The van der Waals surface area contributed by atoms with E-state index in [2.05, 4.69) is 35.9 Å². The molecule has 0 unspecified atom stereocenters. The minimum absolute atomic E-state index is 0.0363. The van der Waals surface area contributed by atoms with Gasteiger partial charge in [0, 0.05) is 20.7 Å². The average molecular weight is 345 g/mol. The fourth-order valence-electron chi connectivity index (χ4n) is 2.03. The molecule has 0 aliphatic rings. The number of aromatic nitrogens is 4. The topological polar surface area (TPSA) is 108 Å². The Morgan fingerprint density at radius 2 is 1.58 bits per heavy atom. The highest BCUT2D eigenvalue weighted by Gasteiger charge is 2.28. The number of hydrogen-bond donors (Lipinski definition) is 4. The van der Waals surface area contributed by atoms with Crippen molar-refractivity contribution in [3.63, 3.8) is 0 Å². The van der Waals surface area contributed by atoms with E-state index >= 15 is 0 Å². The van der Waals surface area contributed by atoms with Gasteiger partial charge in [0.2, 0.25) is 11.9 Å². The maximum Gasteiger partial charge on any atom is 0.405 e. The first kappa shape index (κ1) is 17.9. The van der Waals surface area contributed by atoms with Crippen LogP contribution in [0.3, 0.4) is 0 Å². The van der Waals surface area contributed by atoms with Crippen molar-refractivity contribution in [3.8, 4) is 0 Å². The molecule has 2 rings (SSSR count). The molecule has 0 atom stereocenters. The van der Waals surface area contributed by atoms with Crippen LogP contribution in [0.25, 0.3) is 11.0 Å². The van der Waals surface area contributed by atoms with Crippen molar-refractivity contribution in [1.82, 2.24) is 19.9 Å². The van der Waals surface area contributed by atoms with Gasteiger partial charge in [-0.25, -0.2) is 15.0 Å². The molecule has 8 nitrogen and oxygen atoms in total. The monoisotopic (exact) mass is 345 g/mol. The minimum Gasteiger partial charge on any atom is -0.396 e. The zero-order valence-corrected chi connectivity index (χ0v) is 13.2. The molecule has 0 radical (unpaired) electrons. The first-order valence-corrected chi connectivity index (χ1v) is 7.23. The first-order chi connectivity index (χ1) is 11.4. The molecule has 2 aromatic rings. The van der Waals surface area contributed by atoms with Crippen LogP contribution in [-0.4, -0.2) is 58.5 Å². The number of aliphatic hydroxyl groups excluding tert-OH is 1. The maximum absolute atomic E-state index is 12.5. The van der Waals surface area contributed by atoms with Gasteiger partial charge in [-0.05, 0) is 12.8 Å². The lowest BCUT2D eigenvalue weighted by Gasteiger charge is -2.14. The average Bonchev–Trinajstić information content (AvgIpc) is 2.56. The van der Waals surface area contributed by atoms with Crippen LogP contribution in [0.15, 0.2) is 0 Å². The largest absolute Gasteiger partial charge is 0.405 e. The standard InChI is InChI=1S/C13H18F3N7O/c1-17-11-20-7(4-3-5-24)8-9(22-11)10(19-6-13(14,15)16)23-12(18-2)21-8/h24H,3-6H2,1-2H3,(H,17,20,22)(H2,18,19,21,23). The van der Waals surface area contributed by atoms with Crippen molar-refractivity contribution in [1.29, 1.82) is 0 Å². The van der Waals surface area contributed by atoms with Crippen molar-refractivity contribution >= 4 is 28.7 Å². The van der Waals surface area contributed by atoms with Crippen LogP contribution in [0.2, 0.25) is 0 Å². The second kappa shape index (κ2) is 7.43. The summed E-state index contributed by atoms with van der Waals surface area (Å²) >= 11 is 0. The molecular weight excluding hydrogens is 327 g/mol. The van der Waals surface area contributed by atoms with Crippen LogP contribution >= 0.6 is 0 Å². The Hall–Kier alpha value is -2.43. The summed E-state index contributed by atoms with van der Waals surface area (Å²) in [6.45, 7) is -1.28. The maximum atomic E-state index is 12.5. The summed E-state index contributed by atoms with van der Waals surface area (Å²) in [6, 6.07) is 0. The zero-order valence-electron chi connectivity index (χ0n) is 13.2. The summed E-state index contributed by atoms with van der Waals surface area (Å²) in [4.78, 5) is 16.7. The zero-order chi connectivity index (χ0) is 17.7. The summed E-state index contributed by atoms with van der Waals surface area (Å²) in [5.41, 5.74) is 1.05. The number of nitrogens with zero attached hydrogens (tertiary/aromatic N) is 4. The van der Waals surface area contributed by atoms with Gasteiger partial charge in [-0.2, -0.15) is 18.2 Å². The van der Waals surface area contributed by atoms with Crippen molar-refractivity contribution in [2.75, 3.05) is 43.2 Å². The van der Waals surface area contributed by atoms with Crippen molar-refractivity contribution < 1.29 is 18.3 Å². The Morgan fingerprint density at radius 1 is 0.958 bits per heavy atom. The fraction of sp³-hybridized carbons (Fsp3) is 0.538. The molecule has 2 aromatic heterocycles. The third kappa shape index (κ3) is 4.31. The highest BCUT2D eigenvalue weighted by atomic mass is 19.4. The van der Waals surface area contributed by atoms with Crippen molar-refractivity contribution in [2.24, 2.45) is 0 Å². The minimum atomic E-state index is -4.39. The molecule has 132 valence electrons. The number of aliphatic hydroxyl groups is 1. The number of nitrogens with one attached hydrogen (secondary N) is 3. The molecular formula is C13H18F3N7O. The lowest BCUT2D eigenvalue weighted by atomic mass is 10.2. The van der Waals surface area contributed by atoms with E-state index < -0.39 is 12.7 Å². The Balaban J connectivity index is 2.57. The van der Waals surface area contributed by atoms with E-state index in [4.69, 9.17) is 5.11 Å². The van der Waals surface area contributed by atoms with E-state index in [9.17, 15) is 13.2 Å². The van der Waals surface area contributed by atoms with Crippen LogP contribution in [-0.2, 0) is 6.42 Å². The molecule has 0 aliphatic heterocycles. The molecule has 0 amide bonds. The van der Waals surface area contributed by atoms with Gasteiger partial charge in [0.15, 0.2) is 5.82 Å². The number of hydrogen-bond acceptors (Lipinski definition) is 8. The van der Waals surface area contributed by atoms with Crippen LogP contribution in [0.5, 0.6) is 0 Å². The lowest BCUT2D eigenvalue weighted by molar-refractivity contribution is -0.115. The number of halogens is 3. The van der Waals surface area contributed by atoms with Gasteiger partial charge in [0.25, 0.3) is 0 Å². The Kier molecular flexibility index (Phi) is 5.54. The van der Waals surface area contributed by atoms with E-state index in [1.165, 1.54) is 0 Å². The van der Waals surface area contributed by atoms with Crippen LogP contribution in [0, 0.1) is 0 Å². The SMILES string of the molecule is CNc1nc(NCC(F)(F)F)c2nc(NC)nc(CCCO)c2n1. The summed E-state index contributed by atoms with van der Waals surface area (Å²) in [7, 11) is 3.16. The second-order valence-electron chi connectivity index (χ2n) is 4.88. The number of alkyl halides is 3. The van der Waals surface area contributed by atoms with Gasteiger partial charge >= 0.3 is 6.18 Å². The molecule has 2 heterocycles. The molecule has 24 heavy (non-hydrogen) atoms. The van der Waals surface area contributed by atoms with E-state index in [1.807, 2.05) is 0 Å². The molecule has 4 N–H and O–H groups in total. The van der Waals surface area contributed by atoms with Crippen LogP contribution in [0.1, 0.15) is 12.1 Å². The van der Waals surface area contributed by atoms with Crippen molar-refractivity contribution in [3.05, 3.63) is 5.69 Å². The molecule has 0 saturated carbocycles. The van der Waals surface area contributed by atoms with E-state index in [-0.39, 0.29) is 29.8 Å². The van der Waals surface area contributed by atoms with Crippen LogP contribution in [0.4, 0.5) is 30.9 Å². The third-order valence-corrected chi connectivity index (χ3v) is 3.09. The van der Waals surface area contributed by atoms with E-state index in [0.29, 0.717) is 24.1 Å². The van der Waals surface area contributed by atoms with Gasteiger partial charge in [-0.15, -0.1) is 0 Å². The summed E-state index contributed by atoms with van der Waals surface area (Å²) < 4.78 is 37.6. The molecule has 0 aliphatic carbocycles. The Labute approximate surface area is 135 Å². The molecule has 0 spiro atoms. The number of rotatable bonds is 7. The van der Waals surface area contributed by atoms with Crippen LogP contribution < -0.4 is 16.0 Å². The summed E-state index contributed by atoms with van der Waals surface area (Å²) in [5.74, 6) is 0.357. The third-order valence-electron chi connectivity index (χ3n) is 3.09. The van der Waals surface area contributed by atoms with Gasteiger partial charge in [0.1, 0.15) is 17.6 Å². The predicted molar refractivity (Wildman–Crippen MR) is 84.2 cm³/mol. The highest BCUT2D eigenvalue weighted by Crippen LogP contribution is 2.26. The number of anilines is 3. The molecule has 0 saturated heterocycles. The van der Waals surface area contributed by atoms with Gasteiger partial charge in [-0.3, -0.25) is 0 Å². The molecule has 0 fully saturated rings. The lowest BCUT2D eigenvalue weighted by Crippen LogP contribution is -2.22. The van der Waals surface area contributed by atoms with E-state index in [1.54, 1.807) is 14.1 Å². The second-order valence-corrected chi connectivity index (χ2v) is 4.88. The van der Waals surface area contributed by atoms with Gasteiger partial charge in [0.05, 0.1) is 5.69 Å². The normalized spacial score (nSPS) is 11.6. The van der Waals surface area contributed by atoms with Crippen molar-refractivity contribution in [2.45, 2.75) is 19.0 Å². The Morgan fingerprint density at radius 3 is 2.17 bits per heavy atom. The predicted octanol–water partition coefficient (Wildman–Crippen LogP) is 1.40. The Bertz CT molecular complexity index is 708. The smallest absolute Gasteiger partial charge is 0.396 e. The molecule has 0 bridgehead atoms. The van der Waals surface area contributed by atoms with Gasteiger partial charge in [-0.1, -0.05) is 0 Å². The fourth-order valence-corrected chi connectivity index (χ4v) is 2.03. The highest BCUT2D eigenvalue weighted by molar-refractivity contribution is 5.88. The van der Waals surface area contributed by atoms with Gasteiger partial charge < -0.3 is 21.1 Å². The van der Waals surface area contributed by atoms with E-state index in [0.717, 1.165) is 0 Å². The first-order valence-electron chi connectivity index (χ1n) is 7.23.